The molecule has 0 amide bonds. The minimum atomic E-state index is 0.997. The second-order valence-corrected chi connectivity index (χ2v) is 6.55. The van der Waals surface area contributed by atoms with Crippen molar-refractivity contribution < 1.29 is 0 Å². The first kappa shape index (κ1) is 13.5. The van der Waals surface area contributed by atoms with E-state index in [1.807, 2.05) is 18.3 Å². The van der Waals surface area contributed by atoms with Gasteiger partial charge in [0.2, 0.25) is 0 Å². The average Bonchev–Trinajstić information content (AvgIpc) is 3.04. The van der Waals surface area contributed by atoms with Crippen LogP contribution in [0.4, 0.5) is 11.5 Å². The average molecular weight is 310 g/mol. The lowest BCUT2D eigenvalue weighted by Crippen LogP contribution is -2.46. The Morgan fingerprint density at radius 1 is 1.00 bits per heavy atom. The molecule has 4 rings (SSSR count). The molecule has 0 bridgehead atoms. The second-order valence-electron chi connectivity index (χ2n) is 5.60. The van der Waals surface area contributed by atoms with Crippen LogP contribution in [0.3, 0.4) is 0 Å². The first-order chi connectivity index (χ1) is 10.8. The number of rotatable bonds is 2. The fourth-order valence-electron chi connectivity index (χ4n) is 3.04. The lowest BCUT2D eigenvalue weighted by Gasteiger charge is -2.37. The van der Waals surface area contributed by atoms with Gasteiger partial charge in [-0.25, -0.2) is 9.97 Å². The summed E-state index contributed by atoms with van der Waals surface area (Å²) in [6.07, 6.45) is 1.66. The quantitative estimate of drug-likeness (QED) is 0.727. The zero-order valence-electron chi connectivity index (χ0n) is 12.6. The van der Waals surface area contributed by atoms with Gasteiger partial charge in [0.25, 0.3) is 0 Å². The fraction of sp³-hybridized carbons (Fsp3) is 0.294. The van der Waals surface area contributed by atoms with Crippen molar-refractivity contribution in [2.45, 2.75) is 6.92 Å². The maximum absolute atomic E-state index is 4.40. The number of aromatic nitrogens is 2. The van der Waals surface area contributed by atoms with Crippen molar-refractivity contribution in [3.63, 3.8) is 0 Å². The molecule has 3 aromatic rings. The van der Waals surface area contributed by atoms with Crippen LogP contribution in [-0.2, 0) is 0 Å². The van der Waals surface area contributed by atoms with Gasteiger partial charge in [0.15, 0.2) is 0 Å². The zero-order chi connectivity index (χ0) is 14.9. The van der Waals surface area contributed by atoms with E-state index in [1.54, 1.807) is 6.33 Å². The van der Waals surface area contributed by atoms with Gasteiger partial charge in [0.05, 0.1) is 0 Å². The van der Waals surface area contributed by atoms with E-state index < -0.39 is 0 Å². The van der Waals surface area contributed by atoms with Gasteiger partial charge in [-0.3, -0.25) is 0 Å². The molecule has 0 radical (unpaired) electrons. The number of piperazine rings is 1. The predicted octanol–water partition coefficient (Wildman–Crippen LogP) is 3.33. The summed E-state index contributed by atoms with van der Waals surface area (Å²) >= 11 is 1.81. The Hall–Kier alpha value is -2.14. The highest BCUT2D eigenvalue weighted by atomic mass is 32.1. The first-order valence-corrected chi connectivity index (χ1v) is 8.44. The molecule has 0 N–H and O–H groups in total. The Morgan fingerprint density at radius 3 is 2.64 bits per heavy atom. The molecule has 0 unspecified atom stereocenters. The Bertz CT molecular complexity index is 790. The van der Waals surface area contributed by atoms with Crippen molar-refractivity contribution >= 4 is 32.9 Å². The van der Waals surface area contributed by atoms with Gasteiger partial charge in [-0.05, 0) is 30.5 Å². The molecule has 0 saturated carbocycles. The van der Waals surface area contributed by atoms with Gasteiger partial charge in [-0.15, -0.1) is 11.3 Å². The third-order valence-electron chi connectivity index (χ3n) is 4.21. The number of anilines is 2. The monoisotopic (exact) mass is 310 g/mol. The molecule has 3 heterocycles. The predicted molar refractivity (Wildman–Crippen MR) is 93.0 cm³/mol. The number of hydrogen-bond acceptors (Lipinski definition) is 5. The number of nitrogens with zero attached hydrogens (tertiary/aromatic N) is 4. The van der Waals surface area contributed by atoms with Gasteiger partial charge < -0.3 is 9.80 Å². The molecule has 1 aromatic carbocycles. The van der Waals surface area contributed by atoms with Crippen molar-refractivity contribution in [2.75, 3.05) is 36.0 Å². The van der Waals surface area contributed by atoms with Gasteiger partial charge >= 0.3 is 0 Å². The van der Waals surface area contributed by atoms with Gasteiger partial charge in [0, 0.05) is 53.7 Å². The number of hydrogen-bond donors (Lipinski definition) is 0. The minimum Gasteiger partial charge on any atom is -0.367 e. The smallest absolute Gasteiger partial charge is 0.132 e. The molecule has 4 nitrogen and oxygen atoms in total. The summed E-state index contributed by atoms with van der Waals surface area (Å²) in [7, 11) is 0. The third kappa shape index (κ3) is 2.41. The van der Waals surface area contributed by atoms with Gasteiger partial charge in [0.1, 0.15) is 12.1 Å². The highest BCUT2D eigenvalue weighted by Crippen LogP contribution is 2.31. The van der Waals surface area contributed by atoms with E-state index in [-0.39, 0.29) is 0 Å². The molecule has 0 atom stereocenters. The van der Waals surface area contributed by atoms with Crippen LogP contribution in [0.2, 0.25) is 0 Å². The molecule has 2 aromatic heterocycles. The lowest BCUT2D eigenvalue weighted by molar-refractivity contribution is 0.648. The Labute approximate surface area is 134 Å². The molecule has 1 aliphatic rings. The van der Waals surface area contributed by atoms with Crippen LogP contribution in [-0.4, -0.2) is 36.1 Å². The van der Waals surface area contributed by atoms with E-state index in [9.17, 15) is 0 Å². The van der Waals surface area contributed by atoms with Crippen LogP contribution < -0.4 is 9.80 Å². The minimum absolute atomic E-state index is 0.997. The summed E-state index contributed by atoms with van der Waals surface area (Å²) in [5, 5.41) is 3.55. The zero-order valence-corrected chi connectivity index (χ0v) is 13.4. The van der Waals surface area contributed by atoms with Crippen molar-refractivity contribution in [1.29, 1.82) is 0 Å². The molecule has 1 saturated heterocycles. The lowest BCUT2D eigenvalue weighted by atomic mass is 10.2. The molecular weight excluding hydrogens is 292 g/mol. The number of thiophene rings is 1. The van der Waals surface area contributed by atoms with Crippen molar-refractivity contribution in [3.05, 3.63) is 47.7 Å². The normalized spacial score (nSPS) is 15.5. The Morgan fingerprint density at radius 2 is 1.82 bits per heavy atom. The largest absolute Gasteiger partial charge is 0.367 e. The topological polar surface area (TPSA) is 32.3 Å². The summed E-state index contributed by atoms with van der Waals surface area (Å²) in [6.45, 7) is 6.06. The van der Waals surface area contributed by atoms with E-state index in [1.165, 1.54) is 15.8 Å². The summed E-state index contributed by atoms with van der Waals surface area (Å²) in [5.74, 6) is 1.04. The van der Waals surface area contributed by atoms with Crippen LogP contribution in [0.5, 0.6) is 0 Å². The first-order valence-electron chi connectivity index (χ1n) is 7.56. The summed E-state index contributed by atoms with van der Waals surface area (Å²) < 4.78 is 1.37. The third-order valence-corrected chi connectivity index (χ3v) is 5.09. The Kier molecular flexibility index (Phi) is 3.42. The van der Waals surface area contributed by atoms with Crippen LogP contribution in [0.25, 0.3) is 10.1 Å². The van der Waals surface area contributed by atoms with Crippen LogP contribution in [0.1, 0.15) is 5.69 Å². The number of aryl methyl sites for hydroxylation is 1. The van der Waals surface area contributed by atoms with Crippen molar-refractivity contribution in [2.24, 2.45) is 0 Å². The highest BCUT2D eigenvalue weighted by molar-refractivity contribution is 7.17. The van der Waals surface area contributed by atoms with Crippen molar-refractivity contribution in [3.8, 4) is 0 Å². The molecule has 1 fully saturated rings. The summed E-state index contributed by atoms with van der Waals surface area (Å²) in [5.41, 5.74) is 2.38. The second kappa shape index (κ2) is 5.57. The maximum atomic E-state index is 4.40. The molecule has 0 aliphatic carbocycles. The van der Waals surface area contributed by atoms with E-state index in [4.69, 9.17) is 0 Å². The maximum Gasteiger partial charge on any atom is 0.132 e. The van der Waals surface area contributed by atoms with E-state index in [0.29, 0.717) is 0 Å². The van der Waals surface area contributed by atoms with E-state index in [2.05, 4.69) is 55.5 Å². The van der Waals surface area contributed by atoms with Crippen LogP contribution in [0.15, 0.2) is 42.0 Å². The standard InChI is InChI=1S/C17H18N4S/c1-13-11-17(19-12-18-13)21-8-6-20(7-9-21)15-3-2-4-16-14(15)5-10-22-16/h2-5,10-12H,6-9H2,1H3. The molecule has 0 spiro atoms. The summed E-state index contributed by atoms with van der Waals surface area (Å²) in [4.78, 5) is 13.4. The molecular formula is C17H18N4S. The molecule has 5 heteroatoms. The SMILES string of the molecule is Cc1cc(N2CCN(c3cccc4sccc34)CC2)ncn1. The molecule has 112 valence electrons. The number of benzene rings is 1. The number of fused-ring (bicyclic) bond motifs is 1. The Balaban J connectivity index is 1.53. The van der Waals surface area contributed by atoms with Crippen molar-refractivity contribution in [1.82, 2.24) is 9.97 Å². The molecule has 22 heavy (non-hydrogen) atoms. The van der Waals surface area contributed by atoms with E-state index >= 15 is 0 Å². The van der Waals surface area contributed by atoms with Gasteiger partial charge in [-0.1, -0.05) is 6.07 Å². The molecule has 1 aliphatic heterocycles. The van der Waals surface area contributed by atoms with Crippen LogP contribution >= 0.6 is 11.3 Å². The van der Waals surface area contributed by atoms with E-state index in [0.717, 1.165) is 37.7 Å². The fourth-order valence-corrected chi connectivity index (χ4v) is 3.85. The van der Waals surface area contributed by atoms with Gasteiger partial charge in [-0.2, -0.15) is 0 Å². The summed E-state index contributed by atoms with van der Waals surface area (Å²) in [6, 6.07) is 10.9. The van der Waals surface area contributed by atoms with Crippen LogP contribution in [0, 0.1) is 6.92 Å². The highest BCUT2D eigenvalue weighted by Gasteiger charge is 2.19.